The van der Waals surface area contributed by atoms with E-state index >= 15 is 0 Å². The number of piperidine rings is 1. The van der Waals surface area contributed by atoms with Gasteiger partial charge in [-0.05, 0) is 51.5 Å². The molecule has 1 aromatic heterocycles. The lowest BCUT2D eigenvalue weighted by atomic mass is 9.95. The minimum absolute atomic E-state index is 0.154. The van der Waals surface area contributed by atoms with Gasteiger partial charge in [-0.3, -0.25) is 4.68 Å². The van der Waals surface area contributed by atoms with Crippen LogP contribution < -0.4 is 5.32 Å². The molecule has 0 spiro atoms. The molecule has 2 heterocycles. The standard InChI is InChI=1S/C18H30N4O/c1-14-12-15(2)22(20-14)13-16-8-10-21(11-9-16)18(23)19-17-6-4-3-5-7-17/h12,16-17H,3-11,13H2,1-2H3,(H,19,23). The molecule has 23 heavy (non-hydrogen) atoms. The van der Waals surface area contributed by atoms with E-state index in [9.17, 15) is 4.79 Å². The van der Waals surface area contributed by atoms with Crippen LogP contribution >= 0.6 is 0 Å². The van der Waals surface area contributed by atoms with Crippen LogP contribution in [0.15, 0.2) is 6.07 Å². The van der Waals surface area contributed by atoms with Crippen LogP contribution in [0.3, 0.4) is 0 Å². The SMILES string of the molecule is Cc1cc(C)n(CC2CCN(C(=O)NC3CCCCC3)CC2)n1. The summed E-state index contributed by atoms with van der Waals surface area (Å²) >= 11 is 0. The quantitative estimate of drug-likeness (QED) is 0.930. The summed E-state index contributed by atoms with van der Waals surface area (Å²) < 4.78 is 2.12. The zero-order valence-corrected chi connectivity index (χ0v) is 14.6. The van der Waals surface area contributed by atoms with Crippen molar-refractivity contribution in [3.8, 4) is 0 Å². The van der Waals surface area contributed by atoms with E-state index in [1.165, 1.54) is 25.0 Å². The Bertz CT molecular complexity index is 525. The van der Waals surface area contributed by atoms with Crippen molar-refractivity contribution in [2.75, 3.05) is 13.1 Å². The van der Waals surface area contributed by atoms with Gasteiger partial charge in [0.25, 0.3) is 0 Å². The van der Waals surface area contributed by atoms with Gasteiger partial charge in [-0.25, -0.2) is 4.79 Å². The molecule has 1 saturated heterocycles. The molecule has 128 valence electrons. The highest BCUT2D eigenvalue weighted by molar-refractivity contribution is 5.74. The second-order valence-electron chi connectivity index (χ2n) is 7.32. The third kappa shape index (κ3) is 4.27. The summed E-state index contributed by atoms with van der Waals surface area (Å²) in [5.74, 6) is 0.631. The lowest BCUT2D eigenvalue weighted by Gasteiger charge is -2.34. The van der Waals surface area contributed by atoms with Gasteiger partial charge in [0.05, 0.1) is 5.69 Å². The number of hydrogen-bond donors (Lipinski definition) is 1. The number of carbonyl (C=O) groups excluding carboxylic acids is 1. The summed E-state index contributed by atoms with van der Waals surface area (Å²) in [6, 6.07) is 2.69. The smallest absolute Gasteiger partial charge is 0.317 e. The molecule has 5 nitrogen and oxygen atoms in total. The molecule has 3 rings (SSSR count). The van der Waals surface area contributed by atoms with E-state index in [2.05, 4.69) is 28.1 Å². The van der Waals surface area contributed by atoms with Gasteiger partial charge in [0, 0.05) is 31.4 Å². The van der Waals surface area contributed by atoms with E-state index in [4.69, 9.17) is 0 Å². The van der Waals surface area contributed by atoms with Crippen LogP contribution in [0, 0.1) is 19.8 Å². The first-order valence-electron chi connectivity index (χ1n) is 9.18. The first-order valence-corrected chi connectivity index (χ1v) is 9.18. The van der Waals surface area contributed by atoms with Crippen molar-refractivity contribution in [2.45, 2.75) is 71.4 Å². The summed E-state index contributed by atoms with van der Waals surface area (Å²) in [5.41, 5.74) is 2.33. The number of nitrogens with one attached hydrogen (secondary N) is 1. The zero-order chi connectivity index (χ0) is 16.2. The molecule has 0 aromatic carbocycles. The molecule has 2 amide bonds. The maximum atomic E-state index is 12.4. The molecule has 1 saturated carbocycles. The molecule has 0 bridgehead atoms. The number of amides is 2. The Morgan fingerprint density at radius 1 is 1.17 bits per heavy atom. The van der Waals surface area contributed by atoms with Gasteiger partial charge in [0.2, 0.25) is 0 Å². The Morgan fingerprint density at radius 3 is 2.48 bits per heavy atom. The van der Waals surface area contributed by atoms with Crippen LogP contribution in [0.2, 0.25) is 0 Å². The van der Waals surface area contributed by atoms with E-state index in [-0.39, 0.29) is 6.03 Å². The lowest BCUT2D eigenvalue weighted by molar-refractivity contribution is 0.158. The van der Waals surface area contributed by atoms with Crippen LogP contribution in [0.5, 0.6) is 0 Å². The number of hydrogen-bond acceptors (Lipinski definition) is 2. The van der Waals surface area contributed by atoms with Crippen molar-refractivity contribution in [1.29, 1.82) is 0 Å². The van der Waals surface area contributed by atoms with Crippen molar-refractivity contribution < 1.29 is 4.79 Å². The van der Waals surface area contributed by atoms with Crippen molar-refractivity contribution in [3.05, 3.63) is 17.5 Å². The maximum Gasteiger partial charge on any atom is 0.317 e. The van der Waals surface area contributed by atoms with E-state index in [1.807, 2.05) is 11.8 Å². The number of rotatable bonds is 3. The summed E-state index contributed by atoms with van der Waals surface area (Å²) in [4.78, 5) is 14.4. The Morgan fingerprint density at radius 2 is 1.87 bits per heavy atom. The van der Waals surface area contributed by atoms with Crippen molar-refractivity contribution in [2.24, 2.45) is 5.92 Å². The Hall–Kier alpha value is -1.52. The Labute approximate surface area is 139 Å². The number of aryl methyl sites for hydroxylation is 2. The summed E-state index contributed by atoms with van der Waals surface area (Å²) in [7, 11) is 0. The first kappa shape index (κ1) is 16.3. The van der Waals surface area contributed by atoms with Crippen LogP contribution in [0.25, 0.3) is 0 Å². The van der Waals surface area contributed by atoms with Gasteiger partial charge in [-0.1, -0.05) is 19.3 Å². The fourth-order valence-corrected chi connectivity index (χ4v) is 3.94. The number of nitrogens with zero attached hydrogens (tertiary/aromatic N) is 3. The molecule has 1 aliphatic heterocycles. The highest BCUT2D eigenvalue weighted by atomic mass is 16.2. The van der Waals surface area contributed by atoms with E-state index in [0.29, 0.717) is 12.0 Å². The fourth-order valence-electron chi connectivity index (χ4n) is 3.94. The van der Waals surface area contributed by atoms with Gasteiger partial charge in [0.1, 0.15) is 0 Å². The predicted molar refractivity (Wildman–Crippen MR) is 91.4 cm³/mol. The number of carbonyl (C=O) groups is 1. The third-order valence-electron chi connectivity index (χ3n) is 5.37. The minimum atomic E-state index is 0.154. The molecule has 0 unspecified atom stereocenters. The fraction of sp³-hybridized carbons (Fsp3) is 0.778. The second-order valence-corrected chi connectivity index (χ2v) is 7.32. The van der Waals surface area contributed by atoms with Crippen molar-refractivity contribution in [3.63, 3.8) is 0 Å². The predicted octanol–water partition coefficient (Wildman–Crippen LogP) is 3.25. The molecule has 2 aliphatic rings. The summed E-state index contributed by atoms with van der Waals surface area (Å²) in [5, 5.41) is 7.79. The van der Waals surface area contributed by atoms with E-state index in [0.717, 1.165) is 51.0 Å². The van der Waals surface area contributed by atoms with Gasteiger partial charge < -0.3 is 10.2 Å². The third-order valence-corrected chi connectivity index (χ3v) is 5.37. The van der Waals surface area contributed by atoms with E-state index in [1.54, 1.807) is 0 Å². The van der Waals surface area contributed by atoms with Crippen LogP contribution in [-0.2, 0) is 6.54 Å². The first-order chi connectivity index (χ1) is 11.1. The molecule has 1 N–H and O–H groups in total. The molecule has 0 radical (unpaired) electrons. The highest BCUT2D eigenvalue weighted by Gasteiger charge is 2.25. The summed E-state index contributed by atoms with van der Waals surface area (Å²) in [6.45, 7) is 6.90. The van der Waals surface area contributed by atoms with E-state index < -0.39 is 0 Å². The van der Waals surface area contributed by atoms with Crippen LogP contribution in [0.1, 0.15) is 56.3 Å². The molecule has 5 heteroatoms. The number of likely N-dealkylation sites (tertiary alicyclic amines) is 1. The second kappa shape index (κ2) is 7.37. The van der Waals surface area contributed by atoms with Gasteiger partial charge >= 0.3 is 6.03 Å². The maximum absolute atomic E-state index is 12.4. The number of aromatic nitrogens is 2. The molecular weight excluding hydrogens is 288 g/mol. The van der Waals surface area contributed by atoms with Crippen LogP contribution in [-0.4, -0.2) is 39.8 Å². The average Bonchev–Trinajstić information content (AvgIpc) is 2.86. The Balaban J connectivity index is 1.44. The van der Waals surface area contributed by atoms with Crippen LogP contribution in [0.4, 0.5) is 4.79 Å². The summed E-state index contributed by atoms with van der Waals surface area (Å²) in [6.07, 6.45) is 8.31. The molecule has 1 aromatic rings. The largest absolute Gasteiger partial charge is 0.335 e. The number of urea groups is 1. The highest BCUT2D eigenvalue weighted by Crippen LogP contribution is 2.21. The molecule has 2 fully saturated rings. The lowest BCUT2D eigenvalue weighted by Crippen LogP contribution is -2.48. The molecule has 1 aliphatic carbocycles. The molecular formula is C18H30N4O. The molecule has 0 atom stereocenters. The van der Waals surface area contributed by atoms with Gasteiger partial charge in [0.15, 0.2) is 0 Å². The minimum Gasteiger partial charge on any atom is -0.335 e. The topological polar surface area (TPSA) is 50.2 Å². The average molecular weight is 318 g/mol. The van der Waals surface area contributed by atoms with Crippen molar-refractivity contribution in [1.82, 2.24) is 20.0 Å². The van der Waals surface area contributed by atoms with Gasteiger partial charge in [-0.2, -0.15) is 5.10 Å². The monoisotopic (exact) mass is 318 g/mol. The zero-order valence-electron chi connectivity index (χ0n) is 14.6. The normalized spacial score (nSPS) is 20.7. The van der Waals surface area contributed by atoms with Gasteiger partial charge in [-0.15, -0.1) is 0 Å². The van der Waals surface area contributed by atoms with Crippen molar-refractivity contribution >= 4 is 6.03 Å². The Kier molecular flexibility index (Phi) is 5.23.